The minimum atomic E-state index is -3.69. The number of nitrogens with zero attached hydrogens (tertiary/aromatic N) is 3. The maximum Gasteiger partial charge on any atom is 0.270 e. The van der Waals surface area contributed by atoms with Crippen LogP contribution in [0.2, 0.25) is 0 Å². The van der Waals surface area contributed by atoms with Gasteiger partial charge in [0.05, 0.1) is 4.90 Å². The van der Waals surface area contributed by atoms with E-state index in [1.54, 1.807) is 18.2 Å². The standard InChI is InChI=1S/C18H25N5O3S/c1-3-4-11-23(2)17-12-16(21-13-22-17)18(24)20-10-9-14-5-7-15(8-6-14)27(19,25)26/h5-8,12-13H,3-4,9-11H2,1-2H3,(H,20,24)(H2,19,25,26). The summed E-state index contributed by atoms with van der Waals surface area (Å²) in [6, 6.07) is 7.94. The fraction of sp³-hybridized carbons (Fsp3) is 0.389. The SMILES string of the molecule is CCCCN(C)c1cc(C(=O)NCCc2ccc(S(N)(=O)=O)cc2)ncn1. The lowest BCUT2D eigenvalue weighted by molar-refractivity contribution is 0.0949. The summed E-state index contributed by atoms with van der Waals surface area (Å²) in [6.07, 6.45) is 4.08. The van der Waals surface area contributed by atoms with Gasteiger partial charge in [0.15, 0.2) is 0 Å². The number of carbonyl (C=O) groups is 1. The number of nitrogens with one attached hydrogen (secondary N) is 1. The normalized spacial score (nSPS) is 11.2. The summed E-state index contributed by atoms with van der Waals surface area (Å²) in [4.78, 5) is 22.6. The molecule has 0 saturated heterocycles. The monoisotopic (exact) mass is 391 g/mol. The van der Waals surface area contributed by atoms with Gasteiger partial charge in [-0.2, -0.15) is 0 Å². The molecule has 0 aliphatic heterocycles. The van der Waals surface area contributed by atoms with E-state index in [9.17, 15) is 13.2 Å². The van der Waals surface area contributed by atoms with Crippen LogP contribution in [0.4, 0.5) is 5.82 Å². The van der Waals surface area contributed by atoms with Gasteiger partial charge in [-0.3, -0.25) is 4.79 Å². The Hall–Kier alpha value is -2.52. The Bertz CT molecular complexity index is 869. The van der Waals surface area contributed by atoms with Crippen molar-refractivity contribution in [3.63, 3.8) is 0 Å². The van der Waals surface area contributed by atoms with Crippen LogP contribution in [0.1, 0.15) is 35.8 Å². The van der Waals surface area contributed by atoms with Gasteiger partial charge in [-0.1, -0.05) is 25.5 Å². The maximum atomic E-state index is 12.3. The third-order valence-electron chi connectivity index (χ3n) is 4.07. The lowest BCUT2D eigenvalue weighted by atomic mass is 10.1. The van der Waals surface area contributed by atoms with Gasteiger partial charge in [-0.15, -0.1) is 0 Å². The lowest BCUT2D eigenvalue weighted by Gasteiger charge is -2.17. The molecule has 1 heterocycles. The molecule has 1 amide bonds. The molecule has 0 aliphatic carbocycles. The second-order valence-corrected chi connectivity index (χ2v) is 7.79. The third-order valence-corrected chi connectivity index (χ3v) is 5.00. The van der Waals surface area contributed by atoms with E-state index in [1.165, 1.54) is 18.5 Å². The fourth-order valence-corrected chi connectivity index (χ4v) is 2.96. The molecule has 8 nitrogen and oxygen atoms in total. The van der Waals surface area contributed by atoms with Crippen LogP contribution in [-0.4, -0.2) is 44.4 Å². The van der Waals surface area contributed by atoms with E-state index in [0.717, 1.165) is 24.9 Å². The molecular weight excluding hydrogens is 366 g/mol. The predicted molar refractivity (Wildman–Crippen MR) is 104 cm³/mol. The number of carbonyl (C=O) groups excluding carboxylic acids is 1. The van der Waals surface area contributed by atoms with Gasteiger partial charge in [0.2, 0.25) is 10.0 Å². The summed E-state index contributed by atoms with van der Waals surface area (Å²) >= 11 is 0. The number of aromatic nitrogens is 2. The van der Waals surface area contributed by atoms with Gasteiger partial charge in [0, 0.05) is 26.2 Å². The molecule has 3 N–H and O–H groups in total. The number of primary sulfonamides is 1. The van der Waals surface area contributed by atoms with Crippen molar-refractivity contribution >= 4 is 21.7 Å². The first-order valence-electron chi connectivity index (χ1n) is 8.74. The number of anilines is 1. The van der Waals surface area contributed by atoms with Crippen molar-refractivity contribution in [2.75, 3.05) is 25.0 Å². The van der Waals surface area contributed by atoms with Crippen LogP contribution in [0.15, 0.2) is 41.6 Å². The number of amides is 1. The second kappa shape index (κ2) is 9.43. The molecule has 0 saturated carbocycles. The minimum absolute atomic E-state index is 0.0657. The maximum absolute atomic E-state index is 12.3. The van der Waals surface area contributed by atoms with Crippen LogP contribution >= 0.6 is 0 Å². The van der Waals surface area contributed by atoms with Crippen LogP contribution < -0.4 is 15.4 Å². The summed E-state index contributed by atoms with van der Waals surface area (Å²) in [5.41, 5.74) is 1.21. The molecule has 0 aliphatic rings. The highest BCUT2D eigenvalue weighted by molar-refractivity contribution is 7.89. The Morgan fingerprint density at radius 1 is 1.22 bits per heavy atom. The Morgan fingerprint density at radius 2 is 1.93 bits per heavy atom. The van der Waals surface area contributed by atoms with Crippen molar-refractivity contribution in [1.29, 1.82) is 0 Å². The average molecular weight is 391 g/mol. The molecule has 1 aromatic heterocycles. The molecule has 2 aromatic rings. The molecule has 0 radical (unpaired) electrons. The van der Waals surface area contributed by atoms with Crippen molar-refractivity contribution in [2.45, 2.75) is 31.1 Å². The first kappa shape index (κ1) is 20.8. The van der Waals surface area contributed by atoms with E-state index in [0.29, 0.717) is 24.5 Å². The zero-order chi connectivity index (χ0) is 19.9. The van der Waals surface area contributed by atoms with E-state index in [4.69, 9.17) is 5.14 Å². The smallest absolute Gasteiger partial charge is 0.270 e. The number of sulfonamides is 1. The molecule has 0 bridgehead atoms. The number of hydrogen-bond donors (Lipinski definition) is 2. The molecule has 9 heteroatoms. The van der Waals surface area contributed by atoms with Crippen LogP contribution in [0.5, 0.6) is 0 Å². The summed E-state index contributed by atoms with van der Waals surface area (Å²) in [7, 11) is -1.76. The summed E-state index contributed by atoms with van der Waals surface area (Å²) < 4.78 is 22.5. The van der Waals surface area contributed by atoms with Gasteiger partial charge in [0.1, 0.15) is 17.8 Å². The number of hydrogen-bond acceptors (Lipinski definition) is 6. The molecule has 0 fully saturated rings. The molecule has 0 spiro atoms. The van der Waals surface area contributed by atoms with E-state index >= 15 is 0 Å². The first-order chi connectivity index (χ1) is 12.8. The zero-order valence-corrected chi connectivity index (χ0v) is 16.4. The third kappa shape index (κ3) is 6.30. The van der Waals surface area contributed by atoms with E-state index in [1.807, 2.05) is 11.9 Å². The lowest BCUT2D eigenvalue weighted by Crippen LogP contribution is -2.27. The summed E-state index contributed by atoms with van der Waals surface area (Å²) in [5.74, 6) is 0.436. The van der Waals surface area contributed by atoms with E-state index < -0.39 is 10.0 Å². The molecule has 0 unspecified atom stereocenters. The topological polar surface area (TPSA) is 118 Å². The predicted octanol–water partition coefficient (Wildman–Crippen LogP) is 1.33. The van der Waals surface area contributed by atoms with Crippen LogP contribution in [0, 0.1) is 0 Å². The Morgan fingerprint density at radius 3 is 2.56 bits per heavy atom. The fourth-order valence-electron chi connectivity index (χ4n) is 2.45. The number of nitrogens with two attached hydrogens (primary N) is 1. The number of unbranched alkanes of at least 4 members (excludes halogenated alkanes) is 1. The Labute approximate surface area is 159 Å². The van der Waals surface area contributed by atoms with Crippen LogP contribution in [0.3, 0.4) is 0 Å². The minimum Gasteiger partial charge on any atom is -0.360 e. The van der Waals surface area contributed by atoms with Crippen molar-refractivity contribution in [2.24, 2.45) is 5.14 Å². The van der Waals surface area contributed by atoms with Gasteiger partial charge in [-0.05, 0) is 30.5 Å². The molecular formula is C18H25N5O3S. The summed E-state index contributed by atoms with van der Waals surface area (Å²) in [5, 5.41) is 7.88. The molecule has 146 valence electrons. The van der Waals surface area contributed by atoms with Gasteiger partial charge >= 0.3 is 0 Å². The highest BCUT2D eigenvalue weighted by Crippen LogP contribution is 2.11. The molecule has 0 atom stereocenters. The Kier molecular flexibility index (Phi) is 7.26. The molecule has 2 rings (SSSR count). The van der Waals surface area contributed by atoms with Crippen molar-refractivity contribution in [3.8, 4) is 0 Å². The van der Waals surface area contributed by atoms with Gasteiger partial charge in [-0.25, -0.2) is 23.5 Å². The van der Waals surface area contributed by atoms with Crippen molar-refractivity contribution in [1.82, 2.24) is 15.3 Å². The highest BCUT2D eigenvalue weighted by Gasteiger charge is 2.11. The number of rotatable bonds is 9. The highest BCUT2D eigenvalue weighted by atomic mass is 32.2. The zero-order valence-electron chi connectivity index (χ0n) is 15.6. The molecule has 27 heavy (non-hydrogen) atoms. The largest absolute Gasteiger partial charge is 0.360 e. The van der Waals surface area contributed by atoms with Gasteiger partial charge < -0.3 is 10.2 Å². The molecule has 1 aromatic carbocycles. The average Bonchev–Trinajstić information content (AvgIpc) is 2.65. The van der Waals surface area contributed by atoms with Crippen molar-refractivity contribution in [3.05, 3.63) is 47.9 Å². The van der Waals surface area contributed by atoms with E-state index in [2.05, 4.69) is 22.2 Å². The van der Waals surface area contributed by atoms with Crippen molar-refractivity contribution < 1.29 is 13.2 Å². The second-order valence-electron chi connectivity index (χ2n) is 6.23. The Balaban J connectivity index is 1.90. The van der Waals surface area contributed by atoms with Gasteiger partial charge in [0.25, 0.3) is 5.91 Å². The summed E-state index contributed by atoms with van der Waals surface area (Å²) in [6.45, 7) is 3.39. The van der Waals surface area contributed by atoms with E-state index in [-0.39, 0.29) is 10.8 Å². The quantitative estimate of drug-likeness (QED) is 0.666. The number of benzene rings is 1. The van der Waals surface area contributed by atoms with Crippen LogP contribution in [-0.2, 0) is 16.4 Å². The first-order valence-corrected chi connectivity index (χ1v) is 10.3. The van der Waals surface area contributed by atoms with Crippen LogP contribution in [0.25, 0.3) is 0 Å².